The monoisotopic (exact) mass is 308 g/mol. The van der Waals surface area contributed by atoms with Crippen LogP contribution in [0, 0.1) is 5.82 Å². The van der Waals surface area contributed by atoms with E-state index in [1.54, 1.807) is 0 Å². The van der Waals surface area contributed by atoms with Gasteiger partial charge in [-0.3, -0.25) is 4.79 Å². The van der Waals surface area contributed by atoms with Gasteiger partial charge in [0.25, 0.3) is 0 Å². The summed E-state index contributed by atoms with van der Waals surface area (Å²) in [6, 6.07) is 6.82. The second kappa shape index (κ2) is 6.32. The number of aromatic carboxylic acids is 1. The van der Waals surface area contributed by atoms with Crippen LogP contribution in [0.15, 0.2) is 36.5 Å². The molecule has 0 saturated heterocycles. The van der Waals surface area contributed by atoms with Crippen molar-refractivity contribution in [2.24, 2.45) is 0 Å². The van der Waals surface area contributed by atoms with E-state index in [0.717, 1.165) is 6.20 Å². The number of carboxylic acids is 1. The fraction of sp³-hybridized carbons (Fsp3) is 0.0714. The van der Waals surface area contributed by atoms with E-state index in [1.807, 2.05) is 0 Å². The average Bonchev–Trinajstić information content (AvgIpc) is 2.43. The molecule has 2 N–H and O–H groups in total. The molecular formula is C14H10ClFN2O3. The van der Waals surface area contributed by atoms with E-state index in [0.29, 0.717) is 0 Å². The van der Waals surface area contributed by atoms with E-state index in [1.165, 1.54) is 30.3 Å². The molecule has 0 unspecified atom stereocenters. The van der Waals surface area contributed by atoms with Gasteiger partial charge in [-0.25, -0.2) is 14.2 Å². The first kappa shape index (κ1) is 14.9. The number of hydrogen-bond donors (Lipinski definition) is 2. The van der Waals surface area contributed by atoms with Gasteiger partial charge in [-0.15, -0.1) is 0 Å². The van der Waals surface area contributed by atoms with Gasteiger partial charge >= 0.3 is 5.97 Å². The van der Waals surface area contributed by atoms with Gasteiger partial charge < -0.3 is 10.4 Å². The van der Waals surface area contributed by atoms with Crippen LogP contribution in [0.5, 0.6) is 0 Å². The smallest absolute Gasteiger partial charge is 0.337 e. The van der Waals surface area contributed by atoms with Crippen LogP contribution in [-0.2, 0) is 11.2 Å². The quantitative estimate of drug-likeness (QED) is 0.910. The van der Waals surface area contributed by atoms with E-state index in [2.05, 4.69) is 10.3 Å². The molecule has 0 aliphatic carbocycles. The zero-order valence-electron chi connectivity index (χ0n) is 10.6. The molecule has 1 aromatic carbocycles. The number of nitrogens with one attached hydrogen (secondary N) is 1. The summed E-state index contributed by atoms with van der Waals surface area (Å²) >= 11 is 5.83. The normalized spacial score (nSPS) is 10.2. The van der Waals surface area contributed by atoms with Crippen LogP contribution in [-0.4, -0.2) is 22.0 Å². The maximum absolute atomic E-state index is 13.5. The summed E-state index contributed by atoms with van der Waals surface area (Å²) < 4.78 is 13.5. The number of benzene rings is 1. The first-order chi connectivity index (χ1) is 9.97. The molecule has 0 atom stereocenters. The lowest BCUT2D eigenvalue weighted by molar-refractivity contribution is -0.115. The second-order valence-corrected chi connectivity index (χ2v) is 4.57. The Morgan fingerprint density at radius 1 is 1.29 bits per heavy atom. The Morgan fingerprint density at radius 3 is 2.62 bits per heavy atom. The highest BCUT2D eigenvalue weighted by Gasteiger charge is 2.12. The van der Waals surface area contributed by atoms with Crippen LogP contribution >= 0.6 is 11.6 Å². The van der Waals surface area contributed by atoms with E-state index in [4.69, 9.17) is 16.7 Å². The van der Waals surface area contributed by atoms with Crippen LogP contribution in [0.2, 0.25) is 5.02 Å². The number of aromatic nitrogens is 1. The molecule has 0 spiro atoms. The van der Waals surface area contributed by atoms with E-state index >= 15 is 0 Å². The van der Waals surface area contributed by atoms with Gasteiger partial charge in [-0.1, -0.05) is 17.7 Å². The summed E-state index contributed by atoms with van der Waals surface area (Å²) in [7, 11) is 0. The highest BCUT2D eigenvalue weighted by atomic mass is 35.5. The lowest BCUT2D eigenvalue weighted by Crippen LogP contribution is -2.16. The average molecular weight is 309 g/mol. The Labute approximate surface area is 124 Å². The zero-order chi connectivity index (χ0) is 15.4. The number of pyridine rings is 1. The lowest BCUT2D eigenvalue weighted by Gasteiger charge is -2.07. The Kier molecular flexibility index (Phi) is 4.49. The Morgan fingerprint density at radius 2 is 2.05 bits per heavy atom. The molecule has 21 heavy (non-hydrogen) atoms. The predicted molar refractivity (Wildman–Crippen MR) is 74.9 cm³/mol. The summed E-state index contributed by atoms with van der Waals surface area (Å²) in [5.41, 5.74) is 0.101. The summed E-state index contributed by atoms with van der Waals surface area (Å²) in [6.07, 6.45) is 0.877. The summed E-state index contributed by atoms with van der Waals surface area (Å²) in [5.74, 6) is -2.00. The van der Waals surface area contributed by atoms with Gasteiger partial charge in [0.15, 0.2) is 0 Å². The molecule has 1 heterocycles. The minimum Gasteiger partial charge on any atom is -0.478 e. The van der Waals surface area contributed by atoms with Gasteiger partial charge in [0.1, 0.15) is 11.6 Å². The molecule has 0 radical (unpaired) electrons. The van der Waals surface area contributed by atoms with E-state index in [-0.39, 0.29) is 28.4 Å². The first-order valence-corrected chi connectivity index (χ1v) is 6.27. The minimum atomic E-state index is -1.11. The highest BCUT2D eigenvalue weighted by Crippen LogP contribution is 2.19. The fourth-order valence-electron chi connectivity index (χ4n) is 1.64. The van der Waals surface area contributed by atoms with E-state index in [9.17, 15) is 14.0 Å². The topological polar surface area (TPSA) is 79.3 Å². The number of rotatable bonds is 4. The van der Waals surface area contributed by atoms with Gasteiger partial charge in [-0.05, 0) is 24.3 Å². The maximum Gasteiger partial charge on any atom is 0.337 e. The number of carbonyl (C=O) groups is 2. The van der Waals surface area contributed by atoms with Crippen molar-refractivity contribution in [1.82, 2.24) is 4.98 Å². The number of anilines is 1. The predicted octanol–water partition coefficient (Wildman–Crippen LogP) is 2.75. The number of carbonyl (C=O) groups excluding carboxylic acids is 1. The lowest BCUT2D eigenvalue weighted by atomic mass is 10.1. The maximum atomic E-state index is 13.5. The minimum absolute atomic E-state index is 0.00477. The van der Waals surface area contributed by atoms with Crippen LogP contribution in [0.3, 0.4) is 0 Å². The van der Waals surface area contributed by atoms with Crippen molar-refractivity contribution in [2.75, 3.05) is 5.32 Å². The van der Waals surface area contributed by atoms with Gasteiger partial charge in [0, 0.05) is 16.8 Å². The van der Waals surface area contributed by atoms with Crippen LogP contribution in [0.1, 0.15) is 15.9 Å². The number of halogens is 2. The Bertz CT molecular complexity index is 669. The van der Waals surface area contributed by atoms with Gasteiger partial charge in [0.2, 0.25) is 5.91 Å². The molecule has 2 aromatic rings. The van der Waals surface area contributed by atoms with Crippen molar-refractivity contribution in [3.63, 3.8) is 0 Å². The van der Waals surface area contributed by atoms with Crippen molar-refractivity contribution >= 4 is 29.3 Å². The molecule has 0 aliphatic heterocycles. The Hall–Kier alpha value is -2.47. The molecular weight excluding hydrogens is 299 g/mol. The van der Waals surface area contributed by atoms with Crippen LogP contribution < -0.4 is 5.32 Å². The number of nitrogens with zero attached hydrogens (tertiary/aromatic N) is 1. The molecule has 1 amide bonds. The van der Waals surface area contributed by atoms with E-state index < -0.39 is 17.7 Å². The molecule has 0 fully saturated rings. The molecule has 1 aromatic heterocycles. The molecule has 108 valence electrons. The molecule has 2 rings (SSSR count). The SMILES string of the molecule is O=C(Cc1c(F)cccc1Cl)Nc1ccc(C(=O)O)cn1. The number of amides is 1. The molecule has 5 nitrogen and oxygen atoms in total. The zero-order valence-corrected chi connectivity index (χ0v) is 11.4. The highest BCUT2D eigenvalue weighted by molar-refractivity contribution is 6.31. The van der Waals surface area contributed by atoms with Crippen molar-refractivity contribution in [3.05, 3.63) is 58.5 Å². The molecule has 0 bridgehead atoms. The third-order valence-corrected chi connectivity index (χ3v) is 3.03. The van der Waals surface area contributed by atoms with Crippen molar-refractivity contribution in [1.29, 1.82) is 0 Å². The third kappa shape index (κ3) is 3.76. The Balaban J connectivity index is 2.06. The summed E-state index contributed by atoms with van der Waals surface area (Å²) in [6.45, 7) is 0. The van der Waals surface area contributed by atoms with Gasteiger partial charge in [0.05, 0.1) is 12.0 Å². The molecule has 0 aliphatic rings. The van der Waals surface area contributed by atoms with Crippen molar-refractivity contribution in [2.45, 2.75) is 6.42 Å². The number of hydrogen-bond acceptors (Lipinski definition) is 3. The van der Waals surface area contributed by atoms with Crippen molar-refractivity contribution < 1.29 is 19.1 Å². The van der Waals surface area contributed by atoms with Crippen LogP contribution in [0.4, 0.5) is 10.2 Å². The number of carboxylic acid groups (broad SMARTS) is 1. The molecule has 7 heteroatoms. The van der Waals surface area contributed by atoms with Crippen molar-refractivity contribution in [3.8, 4) is 0 Å². The third-order valence-electron chi connectivity index (χ3n) is 2.68. The summed E-state index contributed by atoms with van der Waals surface area (Å²) in [4.78, 5) is 26.3. The second-order valence-electron chi connectivity index (χ2n) is 4.16. The fourth-order valence-corrected chi connectivity index (χ4v) is 1.87. The van der Waals surface area contributed by atoms with Gasteiger partial charge in [-0.2, -0.15) is 0 Å². The molecule has 0 saturated carbocycles. The first-order valence-electron chi connectivity index (χ1n) is 5.89. The standard InChI is InChI=1S/C14H10ClFN2O3/c15-10-2-1-3-11(16)9(10)6-13(19)18-12-5-4-8(7-17-12)14(20)21/h1-5,7H,6H2,(H,20,21)(H,17,18,19). The summed E-state index contributed by atoms with van der Waals surface area (Å²) in [5, 5.41) is 11.3. The van der Waals surface area contributed by atoms with Crippen LogP contribution in [0.25, 0.3) is 0 Å². The largest absolute Gasteiger partial charge is 0.478 e.